The van der Waals surface area contributed by atoms with E-state index < -0.39 is 0 Å². The molecule has 0 aliphatic carbocycles. The SMILES string of the molecule is CCCCCCCCCCCCC(CCCCCCCCCCCC)ON(C)C(C)CCOCCOC. The first kappa shape index (κ1) is 36.8. The normalized spacial score (nSPS) is 12.7. The second-order valence-corrected chi connectivity index (χ2v) is 11.5. The number of hydrogen-bond donors (Lipinski definition) is 0. The summed E-state index contributed by atoms with van der Waals surface area (Å²) in [5, 5.41) is 2.11. The lowest BCUT2D eigenvalue weighted by Gasteiger charge is -2.29. The highest BCUT2D eigenvalue weighted by molar-refractivity contribution is 4.63. The minimum atomic E-state index is 0.366. The average molecular weight is 528 g/mol. The average Bonchev–Trinajstić information content (AvgIpc) is 2.90. The van der Waals surface area contributed by atoms with E-state index in [9.17, 15) is 0 Å². The predicted octanol–water partition coefficient (Wildman–Crippen LogP) is 10.3. The molecule has 0 saturated carbocycles. The van der Waals surface area contributed by atoms with Crippen molar-refractivity contribution in [1.29, 1.82) is 0 Å². The van der Waals surface area contributed by atoms with Gasteiger partial charge in [-0.15, -0.1) is 0 Å². The van der Waals surface area contributed by atoms with Gasteiger partial charge in [-0.1, -0.05) is 142 Å². The summed E-state index contributed by atoms with van der Waals surface area (Å²) in [4.78, 5) is 6.51. The van der Waals surface area contributed by atoms with E-state index >= 15 is 0 Å². The molecule has 4 nitrogen and oxygen atoms in total. The van der Waals surface area contributed by atoms with Gasteiger partial charge in [0.15, 0.2) is 0 Å². The summed E-state index contributed by atoms with van der Waals surface area (Å²) in [6, 6.07) is 0.366. The van der Waals surface area contributed by atoms with Crippen LogP contribution in [0.3, 0.4) is 0 Å². The number of nitrogens with zero attached hydrogens (tertiary/aromatic N) is 1. The van der Waals surface area contributed by atoms with Crippen LogP contribution in [-0.4, -0.2) is 51.2 Å². The Morgan fingerprint density at radius 3 is 1.32 bits per heavy atom. The van der Waals surface area contributed by atoms with Gasteiger partial charge in [-0.25, -0.2) is 0 Å². The standard InChI is InChI=1S/C33H69NO3/c1-6-8-10-12-14-16-18-20-22-24-26-33(27-25-23-21-19-17-15-13-11-9-7-2)37-34(4)32(3)28-29-36-31-30-35-5/h32-33H,6-31H2,1-5H3. The monoisotopic (exact) mass is 528 g/mol. The molecule has 0 aromatic heterocycles. The molecule has 0 fully saturated rings. The molecule has 0 aromatic rings. The minimum Gasteiger partial charge on any atom is -0.382 e. The maximum atomic E-state index is 6.51. The Morgan fingerprint density at radius 2 is 0.919 bits per heavy atom. The largest absolute Gasteiger partial charge is 0.382 e. The van der Waals surface area contributed by atoms with Crippen LogP contribution >= 0.6 is 0 Å². The number of rotatable bonds is 31. The first-order chi connectivity index (χ1) is 18.2. The van der Waals surface area contributed by atoms with Gasteiger partial charge < -0.3 is 9.47 Å². The zero-order valence-corrected chi connectivity index (χ0v) is 26.2. The lowest BCUT2D eigenvalue weighted by atomic mass is 10.0. The summed E-state index contributed by atoms with van der Waals surface area (Å²) in [6.07, 6.45) is 31.7. The number of unbranched alkanes of at least 4 members (excludes halogenated alkanes) is 18. The maximum absolute atomic E-state index is 6.51. The van der Waals surface area contributed by atoms with Crippen molar-refractivity contribution >= 4 is 0 Å². The first-order valence-electron chi connectivity index (χ1n) is 16.6. The Balaban J connectivity index is 4.16. The van der Waals surface area contributed by atoms with Gasteiger partial charge in [-0.2, -0.15) is 5.06 Å². The van der Waals surface area contributed by atoms with Crippen LogP contribution in [-0.2, 0) is 14.3 Å². The predicted molar refractivity (Wildman–Crippen MR) is 162 cm³/mol. The fraction of sp³-hybridized carbons (Fsp3) is 1.00. The maximum Gasteiger partial charge on any atom is 0.0793 e. The van der Waals surface area contributed by atoms with Crippen LogP contribution < -0.4 is 0 Å². The number of hydrogen-bond acceptors (Lipinski definition) is 4. The lowest BCUT2D eigenvalue weighted by molar-refractivity contribution is -0.208. The molecular formula is C33H69NO3. The molecule has 0 amide bonds. The van der Waals surface area contributed by atoms with Crippen LogP contribution in [0, 0.1) is 0 Å². The van der Waals surface area contributed by atoms with Crippen LogP contribution in [0.25, 0.3) is 0 Å². The molecule has 0 spiro atoms. The molecule has 0 aliphatic heterocycles. The summed E-state index contributed by atoms with van der Waals surface area (Å²) < 4.78 is 10.7. The second kappa shape index (κ2) is 30.4. The van der Waals surface area contributed by atoms with Gasteiger partial charge in [0.2, 0.25) is 0 Å². The molecule has 0 rings (SSSR count). The fourth-order valence-corrected chi connectivity index (χ4v) is 4.99. The molecule has 0 heterocycles. The third-order valence-corrected chi connectivity index (χ3v) is 7.81. The van der Waals surface area contributed by atoms with Crippen molar-refractivity contribution in [2.45, 2.75) is 181 Å². The molecule has 224 valence electrons. The summed E-state index contributed by atoms with van der Waals surface area (Å²) in [6.45, 7) is 8.95. The van der Waals surface area contributed by atoms with Crippen molar-refractivity contribution in [3.05, 3.63) is 0 Å². The van der Waals surface area contributed by atoms with Crippen molar-refractivity contribution in [3.63, 3.8) is 0 Å². The summed E-state index contributed by atoms with van der Waals surface area (Å²) >= 11 is 0. The molecule has 1 atom stereocenters. The summed E-state index contributed by atoms with van der Waals surface area (Å²) in [7, 11) is 3.83. The quantitative estimate of drug-likeness (QED) is 0.0662. The van der Waals surface area contributed by atoms with Gasteiger partial charge >= 0.3 is 0 Å². The van der Waals surface area contributed by atoms with Gasteiger partial charge in [0.25, 0.3) is 0 Å². The molecule has 0 radical (unpaired) electrons. The van der Waals surface area contributed by atoms with Crippen molar-refractivity contribution in [1.82, 2.24) is 5.06 Å². The van der Waals surface area contributed by atoms with Crippen molar-refractivity contribution in [3.8, 4) is 0 Å². The Kier molecular flexibility index (Phi) is 30.3. The van der Waals surface area contributed by atoms with E-state index in [-0.39, 0.29) is 0 Å². The van der Waals surface area contributed by atoms with Gasteiger partial charge in [0.1, 0.15) is 0 Å². The Morgan fingerprint density at radius 1 is 0.514 bits per heavy atom. The van der Waals surface area contributed by atoms with Crippen molar-refractivity contribution < 1.29 is 14.3 Å². The summed E-state index contributed by atoms with van der Waals surface area (Å²) in [5.74, 6) is 0. The fourth-order valence-electron chi connectivity index (χ4n) is 4.99. The molecule has 37 heavy (non-hydrogen) atoms. The zero-order chi connectivity index (χ0) is 27.2. The van der Waals surface area contributed by atoms with Crippen molar-refractivity contribution in [2.75, 3.05) is 34.0 Å². The van der Waals surface area contributed by atoms with Crippen molar-refractivity contribution in [2.24, 2.45) is 0 Å². The summed E-state index contributed by atoms with van der Waals surface area (Å²) in [5.41, 5.74) is 0. The highest BCUT2D eigenvalue weighted by Crippen LogP contribution is 2.19. The number of ether oxygens (including phenoxy) is 2. The van der Waals surface area contributed by atoms with Crippen LogP contribution in [0.2, 0.25) is 0 Å². The van der Waals surface area contributed by atoms with E-state index in [0.717, 1.165) is 13.0 Å². The molecule has 0 bridgehead atoms. The van der Waals surface area contributed by atoms with Gasteiger partial charge in [0, 0.05) is 26.8 Å². The second-order valence-electron chi connectivity index (χ2n) is 11.5. The van der Waals surface area contributed by atoms with Gasteiger partial charge in [-0.05, 0) is 26.2 Å². The Hall–Kier alpha value is -0.160. The zero-order valence-electron chi connectivity index (χ0n) is 26.2. The van der Waals surface area contributed by atoms with E-state index in [4.69, 9.17) is 14.3 Å². The molecule has 1 unspecified atom stereocenters. The van der Waals surface area contributed by atoms with E-state index in [1.807, 2.05) is 0 Å². The molecular weight excluding hydrogens is 458 g/mol. The number of hydroxylamine groups is 2. The highest BCUT2D eigenvalue weighted by atomic mass is 16.7. The molecule has 0 saturated heterocycles. The molecule has 4 heteroatoms. The third-order valence-electron chi connectivity index (χ3n) is 7.81. The van der Waals surface area contributed by atoms with Crippen LogP contribution in [0.4, 0.5) is 0 Å². The highest BCUT2D eigenvalue weighted by Gasteiger charge is 2.16. The third kappa shape index (κ3) is 27.2. The lowest BCUT2D eigenvalue weighted by Crippen LogP contribution is -2.34. The number of methoxy groups -OCH3 is 1. The molecule has 0 N–H and O–H groups in total. The smallest absolute Gasteiger partial charge is 0.0793 e. The first-order valence-corrected chi connectivity index (χ1v) is 16.6. The molecule has 0 aliphatic rings. The Labute approximate surface area is 233 Å². The van der Waals surface area contributed by atoms with Crippen LogP contribution in [0.5, 0.6) is 0 Å². The Bertz CT molecular complexity index is 396. The minimum absolute atomic E-state index is 0.366. The van der Waals surface area contributed by atoms with E-state index in [0.29, 0.717) is 25.4 Å². The van der Waals surface area contributed by atoms with Gasteiger partial charge in [0.05, 0.1) is 19.3 Å². The molecule has 0 aromatic carbocycles. The topological polar surface area (TPSA) is 30.9 Å². The van der Waals surface area contributed by atoms with Gasteiger partial charge in [-0.3, -0.25) is 4.84 Å². The van der Waals surface area contributed by atoms with E-state index in [1.165, 1.54) is 141 Å². The van der Waals surface area contributed by atoms with Crippen LogP contribution in [0.15, 0.2) is 0 Å². The van der Waals surface area contributed by atoms with Crippen LogP contribution in [0.1, 0.15) is 168 Å². The van der Waals surface area contributed by atoms with E-state index in [2.05, 4.69) is 32.9 Å². The van der Waals surface area contributed by atoms with E-state index in [1.54, 1.807) is 7.11 Å².